The molecule has 180 valence electrons. The van der Waals surface area contributed by atoms with Gasteiger partial charge in [0.25, 0.3) is 5.91 Å². The predicted molar refractivity (Wildman–Crippen MR) is 134 cm³/mol. The minimum atomic E-state index is -0.522. The number of ether oxygens (including phenoxy) is 1. The first-order valence-corrected chi connectivity index (χ1v) is 12.3. The molecule has 0 N–H and O–H groups in total. The Hall–Kier alpha value is -3.12. The lowest BCUT2D eigenvalue weighted by molar-refractivity contribution is -0.140. The molecule has 2 aromatic rings. The summed E-state index contributed by atoms with van der Waals surface area (Å²) in [4.78, 5) is 31.8. The zero-order valence-electron chi connectivity index (χ0n) is 20.3. The number of rotatable bonds is 7. The van der Waals surface area contributed by atoms with E-state index in [4.69, 9.17) is 4.74 Å². The van der Waals surface area contributed by atoms with Crippen LogP contribution in [0.4, 0.5) is 0 Å². The number of nitrogens with zero attached hydrogens (tertiary/aromatic N) is 3. The molecule has 1 fully saturated rings. The molecule has 2 amide bonds. The molecule has 2 aromatic carbocycles. The summed E-state index contributed by atoms with van der Waals surface area (Å²) < 4.78 is 6.27. The van der Waals surface area contributed by atoms with Crippen LogP contribution in [0.5, 0.6) is 5.75 Å². The Morgan fingerprint density at radius 1 is 1.09 bits per heavy atom. The zero-order chi connectivity index (χ0) is 24.1. The van der Waals surface area contributed by atoms with Crippen LogP contribution in [-0.4, -0.2) is 71.9 Å². The van der Waals surface area contributed by atoms with E-state index in [0.29, 0.717) is 31.8 Å². The van der Waals surface area contributed by atoms with Crippen molar-refractivity contribution in [2.75, 3.05) is 39.3 Å². The van der Waals surface area contributed by atoms with Crippen LogP contribution < -0.4 is 4.74 Å². The normalized spacial score (nSPS) is 19.3. The van der Waals surface area contributed by atoms with Gasteiger partial charge in [0.15, 0.2) is 6.10 Å². The third-order valence-electron chi connectivity index (χ3n) is 6.86. The molecule has 0 spiro atoms. The predicted octanol–water partition coefficient (Wildman–Crippen LogP) is 3.67. The number of carbonyl (C=O) groups excluding carboxylic acids is 2. The van der Waals surface area contributed by atoms with E-state index in [-0.39, 0.29) is 17.9 Å². The molecule has 0 unspecified atom stereocenters. The van der Waals surface area contributed by atoms with Crippen LogP contribution in [0, 0.1) is 0 Å². The molecule has 1 saturated heterocycles. The van der Waals surface area contributed by atoms with E-state index >= 15 is 0 Å². The highest BCUT2D eigenvalue weighted by Crippen LogP contribution is 2.37. The van der Waals surface area contributed by atoms with Gasteiger partial charge in [-0.3, -0.25) is 14.5 Å². The lowest BCUT2D eigenvalue weighted by Gasteiger charge is -2.38. The highest BCUT2D eigenvalue weighted by Gasteiger charge is 2.32. The number of hydrogen-bond acceptors (Lipinski definition) is 4. The van der Waals surface area contributed by atoms with Gasteiger partial charge >= 0.3 is 0 Å². The fraction of sp³-hybridized carbons (Fsp3) is 0.429. The molecule has 4 rings (SSSR count). The number of benzene rings is 2. The molecule has 0 bridgehead atoms. The summed E-state index contributed by atoms with van der Waals surface area (Å²) in [6.45, 7) is 12.1. The fourth-order valence-electron chi connectivity index (χ4n) is 5.01. The van der Waals surface area contributed by atoms with Gasteiger partial charge in [0, 0.05) is 46.2 Å². The van der Waals surface area contributed by atoms with E-state index in [2.05, 4.69) is 29.7 Å². The van der Waals surface area contributed by atoms with Crippen molar-refractivity contribution in [1.82, 2.24) is 14.7 Å². The highest BCUT2D eigenvalue weighted by atomic mass is 16.5. The second kappa shape index (κ2) is 10.9. The first-order chi connectivity index (χ1) is 16.5. The molecule has 2 aliphatic heterocycles. The molecule has 34 heavy (non-hydrogen) atoms. The fourth-order valence-corrected chi connectivity index (χ4v) is 5.01. The van der Waals surface area contributed by atoms with E-state index in [1.165, 1.54) is 5.56 Å². The molecular weight excluding hydrogens is 426 g/mol. The first-order valence-electron chi connectivity index (χ1n) is 12.3. The Bertz CT molecular complexity index is 1010. The Balaban J connectivity index is 1.54. The SMILES string of the molecule is C=CCN1CCN(C(=O)[C@@H](CC)Oc2ccc3c(c2)[C@H](c2ccccc2)N(C(C)=O)CC3)CC1. The Labute approximate surface area is 202 Å². The number of fused-ring (bicyclic) bond motifs is 1. The van der Waals surface area contributed by atoms with Crippen LogP contribution in [0.3, 0.4) is 0 Å². The number of hydrogen-bond donors (Lipinski definition) is 0. The van der Waals surface area contributed by atoms with E-state index in [0.717, 1.165) is 37.2 Å². The van der Waals surface area contributed by atoms with Gasteiger partial charge in [-0.15, -0.1) is 6.58 Å². The molecule has 0 saturated carbocycles. The summed E-state index contributed by atoms with van der Waals surface area (Å²) in [7, 11) is 0. The summed E-state index contributed by atoms with van der Waals surface area (Å²) in [5.41, 5.74) is 3.37. The number of carbonyl (C=O) groups is 2. The van der Waals surface area contributed by atoms with Gasteiger partial charge in [0.1, 0.15) is 5.75 Å². The maximum atomic E-state index is 13.2. The number of piperazine rings is 1. The minimum Gasteiger partial charge on any atom is -0.481 e. The van der Waals surface area contributed by atoms with E-state index in [1.54, 1.807) is 6.92 Å². The quantitative estimate of drug-likeness (QED) is 0.591. The topological polar surface area (TPSA) is 53.1 Å². The van der Waals surface area contributed by atoms with Crippen LogP contribution in [0.25, 0.3) is 0 Å². The molecule has 0 aliphatic carbocycles. The Kier molecular flexibility index (Phi) is 7.68. The molecule has 2 aliphatic rings. The average Bonchev–Trinajstić information content (AvgIpc) is 2.87. The third kappa shape index (κ3) is 5.17. The third-order valence-corrected chi connectivity index (χ3v) is 6.86. The van der Waals surface area contributed by atoms with Crippen molar-refractivity contribution in [3.8, 4) is 5.75 Å². The molecule has 2 atom stereocenters. The lowest BCUT2D eigenvalue weighted by atomic mass is 9.88. The van der Waals surface area contributed by atoms with Gasteiger partial charge in [-0.05, 0) is 41.7 Å². The maximum Gasteiger partial charge on any atom is 0.263 e. The standard InChI is InChI=1S/C28H35N3O3/c1-4-14-29-16-18-30(19-17-29)28(33)26(5-2)34-24-12-11-22-13-15-31(21(3)32)27(25(22)20-24)23-9-7-6-8-10-23/h4,6-12,20,26-27H,1,5,13-19H2,2-3H3/t26-,27+/m1/s1. The smallest absolute Gasteiger partial charge is 0.263 e. The first kappa shape index (κ1) is 24.0. The van der Waals surface area contributed by atoms with Crippen LogP contribution in [0.2, 0.25) is 0 Å². The average molecular weight is 462 g/mol. The van der Waals surface area contributed by atoms with Crippen LogP contribution >= 0.6 is 0 Å². The maximum absolute atomic E-state index is 13.2. The van der Waals surface area contributed by atoms with Crippen LogP contribution in [-0.2, 0) is 16.0 Å². The van der Waals surface area contributed by atoms with Gasteiger partial charge in [-0.25, -0.2) is 0 Å². The summed E-state index contributed by atoms with van der Waals surface area (Å²) in [6, 6.07) is 16.0. The second-order valence-corrected chi connectivity index (χ2v) is 9.07. The van der Waals surface area contributed by atoms with Crippen molar-refractivity contribution in [2.45, 2.75) is 38.8 Å². The number of amides is 2. The van der Waals surface area contributed by atoms with Crippen LogP contribution in [0.15, 0.2) is 61.2 Å². The molecule has 6 heteroatoms. The van der Waals surface area contributed by atoms with E-state index in [1.807, 2.05) is 53.1 Å². The molecule has 0 radical (unpaired) electrons. The summed E-state index contributed by atoms with van der Waals surface area (Å²) >= 11 is 0. The van der Waals surface area contributed by atoms with Gasteiger partial charge in [-0.1, -0.05) is 49.4 Å². The summed E-state index contributed by atoms with van der Waals surface area (Å²) in [6.07, 6.45) is 2.79. The Morgan fingerprint density at radius 2 is 1.82 bits per heavy atom. The second-order valence-electron chi connectivity index (χ2n) is 9.07. The van der Waals surface area contributed by atoms with Gasteiger partial charge in [-0.2, -0.15) is 0 Å². The van der Waals surface area contributed by atoms with E-state index in [9.17, 15) is 9.59 Å². The van der Waals surface area contributed by atoms with Crippen molar-refractivity contribution < 1.29 is 14.3 Å². The summed E-state index contributed by atoms with van der Waals surface area (Å²) in [5.74, 6) is 0.780. The zero-order valence-corrected chi connectivity index (χ0v) is 20.3. The highest BCUT2D eigenvalue weighted by molar-refractivity contribution is 5.81. The van der Waals surface area contributed by atoms with Crippen molar-refractivity contribution in [3.63, 3.8) is 0 Å². The monoisotopic (exact) mass is 461 g/mol. The minimum absolute atomic E-state index is 0.0449. The van der Waals surface area contributed by atoms with Crippen molar-refractivity contribution in [2.24, 2.45) is 0 Å². The van der Waals surface area contributed by atoms with Crippen molar-refractivity contribution >= 4 is 11.8 Å². The van der Waals surface area contributed by atoms with Gasteiger partial charge in [0.2, 0.25) is 5.91 Å². The Morgan fingerprint density at radius 3 is 2.47 bits per heavy atom. The van der Waals surface area contributed by atoms with Gasteiger partial charge < -0.3 is 14.5 Å². The largest absolute Gasteiger partial charge is 0.481 e. The lowest BCUT2D eigenvalue weighted by Crippen LogP contribution is -2.52. The van der Waals surface area contributed by atoms with Crippen LogP contribution in [0.1, 0.15) is 43.0 Å². The molecule has 0 aromatic heterocycles. The van der Waals surface area contributed by atoms with Gasteiger partial charge in [0.05, 0.1) is 6.04 Å². The van der Waals surface area contributed by atoms with E-state index < -0.39 is 6.10 Å². The van der Waals surface area contributed by atoms with Crippen molar-refractivity contribution in [3.05, 3.63) is 77.9 Å². The molecule has 2 heterocycles. The summed E-state index contributed by atoms with van der Waals surface area (Å²) in [5, 5.41) is 0. The molecular formula is C28H35N3O3. The van der Waals surface area contributed by atoms with Crippen molar-refractivity contribution in [1.29, 1.82) is 0 Å². The molecule has 6 nitrogen and oxygen atoms in total.